The van der Waals surface area contributed by atoms with Crippen LogP contribution >= 0.6 is 0 Å². The van der Waals surface area contributed by atoms with E-state index >= 15 is 0 Å². The SMILES string of the molecule is CC/C=C\C/C=C\C/C=C\C/C=C\C/C=C\C/C=C\C/C=C\CCCCCCCC(=O)OCC(COC(=O)CCCCCCC/C=C\C/C=C\CCC)OC(=O)CCCCCCCCCCCCCCCCCCCCCC. The van der Waals surface area contributed by atoms with E-state index in [2.05, 4.69) is 130 Å². The Labute approximate surface area is 482 Å². The molecule has 0 rings (SSSR count). The van der Waals surface area contributed by atoms with Gasteiger partial charge in [-0.3, -0.25) is 14.4 Å². The summed E-state index contributed by atoms with van der Waals surface area (Å²) in [5.41, 5.74) is 0. The number of allylic oxidation sites excluding steroid dienone is 18. The van der Waals surface area contributed by atoms with Crippen LogP contribution < -0.4 is 0 Å². The van der Waals surface area contributed by atoms with Crippen LogP contribution in [0, 0.1) is 0 Å². The molecule has 0 aromatic heterocycles. The molecule has 0 bridgehead atoms. The number of carbonyl (C=O) groups excluding carboxylic acids is 3. The van der Waals surface area contributed by atoms with Gasteiger partial charge in [-0.2, -0.15) is 0 Å². The van der Waals surface area contributed by atoms with Crippen molar-refractivity contribution in [2.24, 2.45) is 0 Å². The first-order valence-corrected chi connectivity index (χ1v) is 32.9. The molecule has 6 heteroatoms. The Morgan fingerprint density at radius 1 is 0.269 bits per heavy atom. The second-order valence-corrected chi connectivity index (χ2v) is 21.6. The molecule has 0 radical (unpaired) electrons. The van der Waals surface area contributed by atoms with Gasteiger partial charge in [-0.05, 0) is 103 Å². The molecule has 6 nitrogen and oxygen atoms in total. The first-order chi connectivity index (χ1) is 38.5. The van der Waals surface area contributed by atoms with Crippen LogP contribution in [0.1, 0.15) is 310 Å². The predicted octanol–water partition coefficient (Wildman–Crippen LogP) is 22.6. The van der Waals surface area contributed by atoms with E-state index in [1.807, 2.05) is 0 Å². The van der Waals surface area contributed by atoms with Gasteiger partial charge in [0.1, 0.15) is 13.2 Å². The van der Waals surface area contributed by atoms with E-state index in [1.54, 1.807) is 0 Å². The van der Waals surface area contributed by atoms with Crippen LogP contribution in [0.15, 0.2) is 109 Å². The summed E-state index contributed by atoms with van der Waals surface area (Å²) < 4.78 is 16.9. The summed E-state index contributed by atoms with van der Waals surface area (Å²) in [5, 5.41) is 0. The van der Waals surface area contributed by atoms with Gasteiger partial charge in [0, 0.05) is 19.3 Å². The highest BCUT2D eigenvalue weighted by molar-refractivity contribution is 5.71. The molecule has 0 aliphatic heterocycles. The minimum Gasteiger partial charge on any atom is -0.462 e. The lowest BCUT2D eigenvalue weighted by Crippen LogP contribution is -2.30. The molecule has 0 spiro atoms. The van der Waals surface area contributed by atoms with Crippen LogP contribution in [0.3, 0.4) is 0 Å². The van der Waals surface area contributed by atoms with E-state index in [1.165, 1.54) is 116 Å². The number of esters is 3. The van der Waals surface area contributed by atoms with Crippen LogP contribution in [0.4, 0.5) is 0 Å². The van der Waals surface area contributed by atoms with Gasteiger partial charge >= 0.3 is 17.9 Å². The maximum Gasteiger partial charge on any atom is 0.306 e. The molecular weight excluding hydrogens is 961 g/mol. The van der Waals surface area contributed by atoms with Crippen LogP contribution in [0.25, 0.3) is 0 Å². The van der Waals surface area contributed by atoms with E-state index in [9.17, 15) is 14.4 Å². The Balaban J connectivity index is 4.36. The predicted molar refractivity (Wildman–Crippen MR) is 339 cm³/mol. The first-order valence-electron chi connectivity index (χ1n) is 32.9. The summed E-state index contributed by atoms with van der Waals surface area (Å²) in [6.45, 7) is 6.46. The molecule has 1 unspecified atom stereocenters. The molecule has 0 heterocycles. The molecule has 0 aromatic rings. The lowest BCUT2D eigenvalue weighted by atomic mass is 10.0. The second-order valence-electron chi connectivity index (χ2n) is 21.6. The quantitative estimate of drug-likeness (QED) is 0.0261. The normalized spacial score (nSPS) is 12.8. The summed E-state index contributed by atoms with van der Waals surface area (Å²) in [5.74, 6) is -0.912. The number of carbonyl (C=O) groups is 3. The highest BCUT2D eigenvalue weighted by Crippen LogP contribution is 2.17. The van der Waals surface area contributed by atoms with Crippen molar-refractivity contribution in [1.82, 2.24) is 0 Å². The zero-order chi connectivity index (χ0) is 56.4. The Hall–Kier alpha value is -3.93. The third kappa shape index (κ3) is 62.9. The third-order valence-electron chi connectivity index (χ3n) is 14.0. The molecule has 0 fully saturated rings. The molecule has 0 saturated carbocycles. The van der Waals surface area contributed by atoms with Gasteiger partial charge in [-0.1, -0.05) is 297 Å². The zero-order valence-electron chi connectivity index (χ0n) is 51.2. The lowest BCUT2D eigenvalue weighted by Gasteiger charge is -2.18. The van der Waals surface area contributed by atoms with Gasteiger partial charge in [0.15, 0.2) is 6.10 Å². The molecule has 1 atom stereocenters. The monoisotopic (exact) mass is 1080 g/mol. The van der Waals surface area contributed by atoms with Gasteiger partial charge in [-0.25, -0.2) is 0 Å². The standard InChI is InChI=1S/C72H122O6/c1-4-7-10-13-16-19-22-25-27-29-31-33-34-35-36-37-38-39-41-42-44-47-50-53-56-59-62-65-71(74)77-68-69(67-76-70(73)64-61-58-55-52-49-46-24-21-18-15-12-9-6-3)78-72(75)66-63-60-57-54-51-48-45-43-40-32-30-28-26-23-20-17-14-11-8-5-2/h7,10,12,15-16,19,21,24-25,27,31,33,35-36,38-39,42,44,69H,4-6,8-9,11,13-14,17-18,20,22-23,26,28-30,32,34,37,40-41,43,45-68H2,1-3H3/b10-7-,15-12-,19-16-,24-21-,27-25-,33-31-,36-35-,39-38-,44-42-. The molecule has 0 saturated heterocycles. The topological polar surface area (TPSA) is 78.9 Å². The summed E-state index contributed by atoms with van der Waals surface area (Å²) in [6.07, 6.45) is 89.5. The number of rotatable bonds is 59. The zero-order valence-corrected chi connectivity index (χ0v) is 51.2. The number of hydrogen-bond acceptors (Lipinski definition) is 6. The van der Waals surface area contributed by atoms with Gasteiger partial charge in [-0.15, -0.1) is 0 Å². The van der Waals surface area contributed by atoms with Gasteiger partial charge < -0.3 is 14.2 Å². The lowest BCUT2D eigenvalue weighted by molar-refractivity contribution is -0.167. The highest BCUT2D eigenvalue weighted by Gasteiger charge is 2.19. The average Bonchev–Trinajstić information content (AvgIpc) is 3.44. The summed E-state index contributed by atoms with van der Waals surface area (Å²) >= 11 is 0. The molecule has 0 aliphatic carbocycles. The van der Waals surface area contributed by atoms with Crippen LogP contribution in [-0.4, -0.2) is 37.2 Å². The van der Waals surface area contributed by atoms with Crippen LogP contribution in [0.5, 0.6) is 0 Å². The Bertz CT molecular complexity index is 1570. The number of ether oxygens (including phenoxy) is 3. The summed E-state index contributed by atoms with van der Waals surface area (Å²) in [4.78, 5) is 38.3. The molecule has 0 aliphatic rings. The third-order valence-corrected chi connectivity index (χ3v) is 14.0. The van der Waals surface area contributed by atoms with E-state index in [-0.39, 0.29) is 31.1 Å². The van der Waals surface area contributed by atoms with Crippen molar-refractivity contribution in [1.29, 1.82) is 0 Å². The number of hydrogen-bond donors (Lipinski definition) is 0. The van der Waals surface area contributed by atoms with Crippen molar-refractivity contribution in [3.8, 4) is 0 Å². The van der Waals surface area contributed by atoms with Crippen molar-refractivity contribution in [3.05, 3.63) is 109 Å². The minimum absolute atomic E-state index is 0.0904. The molecule has 0 amide bonds. The molecule has 0 aromatic carbocycles. The molecular formula is C72H122O6. The smallest absolute Gasteiger partial charge is 0.306 e. The maximum atomic E-state index is 12.9. The van der Waals surface area contributed by atoms with Crippen LogP contribution in [0.2, 0.25) is 0 Å². The Morgan fingerprint density at radius 2 is 0.526 bits per heavy atom. The average molecular weight is 1080 g/mol. The van der Waals surface area contributed by atoms with Gasteiger partial charge in [0.2, 0.25) is 0 Å². The maximum absolute atomic E-state index is 12.9. The molecule has 0 N–H and O–H groups in total. The summed E-state index contributed by atoms with van der Waals surface area (Å²) in [7, 11) is 0. The Morgan fingerprint density at radius 3 is 0.833 bits per heavy atom. The fraction of sp³-hybridized carbons (Fsp3) is 0.708. The van der Waals surface area contributed by atoms with Crippen molar-refractivity contribution in [2.45, 2.75) is 316 Å². The van der Waals surface area contributed by atoms with E-state index in [0.29, 0.717) is 19.3 Å². The van der Waals surface area contributed by atoms with Crippen molar-refractivity contribution in [3.63, 3.8) is 0 Å². The second kappa shape index (κ2) is 65.6. The fourth-order valence-corrected chi connectivity index (χ4v) is 9.11. The van der Waals surface area contributed by atoms with E-state index in [0.717, 1.165) is 154 Å². The Kier molecular flexibility index (Phi) is 62.3. The van der Waals surface area contributed by atoms with Crippen molar-refractivity contribution < 1.29 is 28.6 Å². The van der Waals surface area contributed by atoms with E-state index in [4.69, 9.17) is 14.2 Å². The van der Waals surface area contributed by atoms with Gasteiger partial charge in [0.25, 0.3) is 0 Å². The minimum atomic E-state index is -0.793. The highest BCUT2D eigenvalue weighted by atomic mass is 16.6. The summed E-state index contributed by atoms with van der Waals surface area (Å²) in [6, 6.07) is 0. The number of unbranched alkanes of at least 4 members (excludes halogenated alkanes) is 30. The fourth-order valence-electron chi connectivity index (χ4n) is 9.11. The first kappa shape index (κ1) is 74.1. The van der Waals surface area contributed by atoms with Gasteiger partial charge in [0.05, 0.1) is 0 Å². The molecule has 78 heavy (non-hydrogen) atoms. The van der Waals surface area contributed by atoms with Crippen molar-refractivity contribution >= 4 is 17.9 Å². The van der Waals surface area contributed by atoms with Crippen molar-refractivity contribution in [2.75, 3.05) is 13.2 Å². The van der Waals surface area contributed by atoms with E-state index < -0.39 is 6.10 Å². The van der Waals surface area contributed by atoms with Crippen LogP contribution in [-0.2, 0) is 28.6 Å². The molecule has 446 valence electrons. The largest absolute Gasteiger partial charge is 0.462 e.